The summed E-state index contributed by atoms with van der Waals surface area (Å²) in [6.07, 6.45) is 10.8. The Bertz CT molecular complexity index is 1370. The average molecular weight is 586 g/mol. The highest BCUT2D eigenvalue weighted by atomic mass is 35.5. The van der Waals surface area contributed by atoms with E-state index >= 15 is 0 Å². The van der Waals surface area contributed by atoms with Crippen molar-refractivity contribution in [3.8, 4) is 5.75 Å². The molecule has 0 unspecified atom stereocenters. The minimum Gasteiger partial charge on any atom is -0.490 e. The molecule has 0 radical (unpaired) electrons. The zero-order valence-electron chi connectivity index (χ0n) is 22.9. The van der Waals surface area contributed by atoms with E-state index in [1.54, 1.807) is 0 Å². The Morgan fingerprint density at radius 2 is 2.02 bits per heavy atom. The maximum Gasteiger partial charge on any atom is 0.277 e. The molecule has 4 aliphatic rings. The van der Waals surface area contributed by atoms with Gasteiger partial charge in [0.05, 0.1) is 18.4 Å². The number of nitrogens with two attached hydrogens (primary N) is 1. The zero-order valence-corrected chi connectivity index (χ0v) is 24.5. The molecule has 1 spiro atoms. The summed E-state index contributed by atoms with van der Waals surface area (Å²) in [5.74, 6) is 1.47. The monoisotopic (exact) mass is 585 g/mol. The normalized spacial score (nSPS) is 29.5. The summed E-state index contributed by atoms with van der Waals surface area (Å²) in [5.41, 5.74) is 3.71. The van der Waals surface area contributed by atoms with Crippen molar-refractivity contribution in [1.29, 1.82) is 0 Å². The lowest BCUT2D eigenvalue weighted by atomic mass is 9.68. The van der Waals surface area contributed by atoms with Crippen LogP contribution < -0.4 is 14.8 Å². The number of aliphatic hydroxyl groups excluding tert-OH is 1. The third-order valence-electron chi connectivity index (χ3n) is 9.70. The van der Waals surface area contributed by atoms with Crippen LogP contribution in [0, 0.1) is 11.8 Å². The van der Waals surface area contributed by atoms with Crippen LogP contribution in [0.4, 0.5) is 5.69 Å². The molecule has 2 aromatic carbocycles. The van der Waals surface area contributed by atoms with E-state index in [0.29, 0.717) is 25.5 Å². The molecule has 1 saturated heterocycles. The fourth-order valence-corrected chi connectivity index (χ4v) is 8.71. The van der Waals surface area contributed by atoms with E-state index in [2.05, 4.69) is 35.2 Å². The molecule has 2 aromatic rings. The van der Waals surface area contributed by atoms with Gasteiger partial charge in [0.1, 0.15) is 5.75 Å². The van der Waals surface area contributed by atoms with Crippen molar-refractivity contribution in [3.05, 3.63) is 70.8 Å². The zero-order chi connectivity index (χ0) is 27.9. The lowest BCUT2D eigenvalue weighted by Crippen LogP contribution is -2.49. The van der Waals surface area contributed by atoms with Crippen molar-refractivity contribution in [2.75, 3.05) is 31.1 Å². The molecule has 9 heteroatoms. The van der Waals surface area contributed by atoms with Gasteiger partial charge in [0.2, 0.25) is 0 Å². The lowest BCUT2D eigenvalue weighted by molar-refractivity contribution is 0.0456. The number of nitrogens with zero attached hydrogens (tertiary/aromatic N) is 2. The lowest BCUT2D eigenvalue weighted by Gasteiger charge is -2.45. The first-order chi connectivity index (χ1) is 19.2. The molecule has 5 atom stereocenters. The van der Waals surface area contributed by atoms with Crippen LogP contribution in [0.5, 0.6) is 5.75 Å². The molecule has 2 fully saturated rings. The molecule has 2 aliphatic heterocycles. The molecule has 7 nitrogen and oxygen atoms in total. The maximum absolute atomic E-state index is 11.9. The van der Waals surface area contributed by atoms with Gasteiger partial charge in [-0.05, 0) is 98.6 Å². The summed E-state index contributed by atoms with van der Waals surface area (Å²) in [4.78, 5) is 2.50. The van der Waals surface area contributed by atoms with E-state index < -0.39 is 16.3 Å². The molecular weight excluding hydrogens is 546 g/mol. The molecule has 3 N–H and O–H groups in total. The van der Waals surface area contributed by atoms with Crippen LogP contribution in [0.3, 0.4) is 0 Å². The van der Waals surface area contributed by atoms with Crippen LogP contribution in [-0.2, 0) is 22.0 Å². The van der Waals surface area contributed by atoms with Crippen molar-refractivity contribution < 1.29 is 18.3 Å². The van der Waals surface area contributed by atoms with Gasteiger partial charge in [0.15, 0.2) is 0 Å². The number of aliphatic hydroxyl groups is 1. The molecular formula is C31H40ClN3O4S. The van der Waals surface area contributed by atoms with Gasteiger partial charge in [-0.3, -0.25) is 0 Å². The van der Waals surface area contributed by atoms with Crippen LogP contribution in [0.2, 0.25) is 5.02 Å². The molecule has 40 heavy (non-hydrogen) atoms. The third-order valence-corrected chi connectivity index (χ3v) is 11.1. The molecule has 216 valence electrons. The molecule has 0 amide bonds. The Morgan fingerprint density at radius 3 is 2.83 bits per heavy atom. The van der Waals surface area contributed by atoms with Crippen molar-refractivity contribution in [2.45, 2.75) is 68.9 Å². The Balaban J connectivity index is 1.18. The van der Waals surface area contributed by atoms with Crippen LogP contribution in [-0.4, -0.2) is 56.2 Å². The number of benzene rings is 2. The number of hydrogen-bond acceptors (Lipinski definition) is 5. The molecule has 0 bridgehead atoms. The quantitative estimate of drug-likeness (QED) is 0.455. The second-order valence-corrected chi connectivity index (χ2v) is 14.1. The first kappa shape index (κ1) is 28.0. The summed E-state index contributed by atoms with van der Waals surface area (Å²) in [5, 5.41) is 17.3. The summed E-state index contributed by atoms with van der Waals surface area (Å²) in [6.45, 7) is 2.86. The van der Waals surface area contributed by atoms with Gasteiger partial charge in [-0.1, -0.05) is 42.0 Å². The summed E-state index contributed by atoms with van der Waals surface area (Å²) in [6, 6.07) is 14.5. The minimum atomic E-state index is -3.68. The van der Waals surface area contributed by atoms with Crippen molar-refractivity contribution >= 4 is 27.5 Å². The molecule has 2 aliphatic carbocycles. The number of hydrogen-bond donors (Lipinski definition) is 2. The predicted octanol–water partition coefficient (Wildman–Crippen LogP) is 4.81. The van der Waals surface area contributed by atoms with E-state index in [1.807, 2.05) is 24.3 Å². The van der Waals surface area contributed by atoms with E-state index in [9.17, 15) is 13.5 Å². The van der Waals surface area contributed by atoms with Crippen LogP contribution >= 0.6 is 11.6 Å². The number of ether oxygens (including phenoxy) is 1. The van der Waals surface area contributed by atoms with E-state index in [1.165, 1.54) is 15.4 Å². The number of anilines is 1. The van der Waals surface area contributed by atoms with Gasteiger partial charge in [0.25, 0.3) is 10.2 Å². The van der Waals surface area contributed by atoms with Crippen LogP contribution in [0.15, 0.2) is 54.6 Å². The fraction of sp³-hybridized carbons (Fsp3) is 0.548. The first-order valence-corrected chi connectivity index (χ1v) is 16.5. The van der Waals surface area contributed by atoms with Gasteiger partial charge in [-0.15, -0.1) is 0 Å². The second kappa shape index (κ2) is 11.3. The third kappa shape index (κ3) is 5.53. The Morgan fingerprint density at radius 1 is 1.18 bits per heavy atom. The highest BCUT2D eigenvalue weighted by Gasteiger charge is 2.44. The van der Waals surface area contributed by atoms with Gasteiger partial charge >= 0.3 is 0 Å². The Labute approximate surface area is 243 Å². The van der Waals surface area contributed by atoms with Gasteiger partial charge < -0.3 is 14.7 Å². The second-order valence-electron chi connectivity index (χ2n) is 12.2. The Hall–Kier alpha value is -2.10. The van der Waals surface area contributed by atoms with E-state index in [-0.39, 0.29) is 17.4 Å². The SMILES string of the molecule is NS(=O)(=O)N1CCC[C@@H]1C/C=C/[C@H](O)[C@@H]1CC[C@H]1CN1C[C@@]2(CCCc3cc(Cl)ccc32)COc2ccccc21. The van der Waals surface area contributed by atoms with Gasteiger partial charge in [0, 0.05) is 36.1 Å². The standard InChI is InChI=1S/C31H40ClN3O4S/c32-24-13-15-27-22(18-24)6-4-16-31(27)20-34(28-9-1-2-11-30(28)39-21-31)19-23-12-14-26(23)29(36)10-3-7-25-8-5-17-35(25)40(33,37)38/h1-3,9-11,13,15,18,23,25-26,29,36H,4-8,12,14,16-17,19-21H2,(H2,33,37,38)/b10-3+/t23-,25-,26+,29-,31-/m0/s1. The number of fused-ring (bicyclic) bond motifs is 3. The van der Waals surface area contributed by atoms with Crippen molar-refractivity contribution in [3.63, 3.8) is 0 Å². The number of halogens is 1. The minimum absolute atomic E-state index is 0.106. The Kier molecular flexibility index (Phi) is 7.91. The fourth-order valence-electron chi connectivity index (χ4n) is 7.52. The topological polar surface area (TPSA) is 96.1 Å². The molecule has 0 aromatic heterocycles. The van der Waals surface area contributed by atoms with E-state index in [4.69, 9.17) is 21.5 Å². The highest BCUT2D eigenvalue weighted by molar-refractivity contribution is 7.86. The summed E-state index contributed by atoms with van der Waals surface area (Å²) in [7, 11) is -3.68. The van der Waals surface area contributed by atoms with Crippen molar-refractivity contribution in [1.82, 2.24) is 4.31 Å². The molecule has 1 saturated carbocycles. The molecule has 6 rings (SSSR count). The largest absolute Gasteiger partial charge is 0.490 e. The predicted molar refractivity (Wildman–Crippen MR) is 159 cm³/mol. The first-order valence-electron chi connectivity index (χ1n) is 14.6. The van der Waals surface area contributed by atoms with Crippen LogP contribution in [0.25, 0.3) is 0 Å². The average Bonchev–Trinajstić information content (AvgIpc) is 3.33. The highest BCUT2D eigenvalue weighted by Crippen LogP contribution is 2.46. The smallest absolute Gasteiger partial charge is 0.277 e. The number of rotatable bonds is 7. The van der Waals surface area contributed by atoms with Crippen LogP contribution in [0.1, 0.15) is 56.1 Å². The number of aryl methyl sites for hydroxylation is 1. The van der Waals surface area contributed by atoms with Gasteiger partial charge in [-0.25, -0.2) is 5.14 Å². The summed E-state index contributed by atoms with van der Waals surface area (Å²) < 4.78 is 31.6. The van der Waals surface area contributed by atoms with E-state index in [0.717, 1.165) is 74.5 Å². The molecule has 2 heterocycles. The summed E-state index contributed by atoms with van der Waals surface area (Å²) >= 11 is 6.37. The number of para-hydroxylation sites is 2. The van der Waals surface area contributed by atoms with Crippen molar-refractivity contribution in [2.24, 2.45) is 17.0 Å². The van der Waals surface area contributed by atoms with Gasteiger partial charge in [-0.2, -0.15) is 12.7 Å². The maximum atomic E-state index is 11.9.